The average molecular weight is 445 g/mol. The van der Waals surface area contributed by atoms with Crippen LogP contribution in [0.3, 0.4) is 0 Å². The lowest BCUT2D eigenvalue weighted by molar-refractivity contribution is 0.0735. The molecule has 2 heterocycles. The Hall–Kier alpha value is -4.16. The molecule has 0 saturated carbocycles. The summed E-state index contributed by atoms with van der Waals surface area (Å²) in [4.78, 5) is 37.2. The van der Waals surface area contributed by atoms with Gasteiger partial charge in [0.15, 0.2) is 0 Å². The van der Waals surface area contributed by atoms with Crippen LogP contribution in [0.2, 0.25) is 5.02 Å². The summed E-state index contributed by atoms with van der Waals surface area (Å²) < 4.78 is 16.1. The standard InChI is InChI=1S/C25H13ClO6/c26-16-7-5-14(6-8-16)24(28)30-17-9-10-18-19(13-23(27)31-22(18)12-17)20-11-15-3-1-2-4-21(15)32-25(20)29/h1-13H. The smallest absolute Gasteiger partial charge is 0.344 e. The van der Waals surface area contributed by atoms with Crippen molar-refractivity contribution in [2.75, 3.05) is 0 Å². The van der Waals surface area contributed by atoms with Crippen LogP contribution in [0.25, 0.3) is 33.1 Å². The Kier molecular flexibility index (Phi) is 4.84. The van der Waals surface area contributed by atoms with Gasteiger partial charge in [-0.2, -0.15) is 0 Å². The molecule has 0 aliphatic heterocycles. The molecule has 0 aliphatic rings. The van der Waals surface area contributed by atoms with E-state index in [4.69, 9.17) is 25.2 Å². The lowest BCUT2D eigenvalue weighted by atomic mass is 10.0. The zero-order chi connectivity index (χ0) is 22.2. The van der Waals surface area contributed by atoms with Gasteiger partial charge in [0, 0.05) is 33.5 Å². The highest BCUT2D eigenvalue weighted by Gasteiger charge is 2.15. The second-order valence-corrected chi connectivity index (χ2v) is 7.46. The molecule has 0 aliphatic carbocycles. The van der Waals surface area contributed by atoms with E-state index in [1.54, 1.807) is 54.6 Å². The van der Waals surface area contributed by atoms with Gasteiger partial charge in [-0.3, -0.25) is 0 Å². The van der Waals surface area contributed by atoms with Crippen LogP contribution in [0.4, 0.5) is 0 Å². The summed E-state index contributed by atoms with van der Waals surface area (Å²) in [6.45, 7) is 0. The van der Waals surface area contributed by atoms with Gasteiger partial charge in [-0.1, -0.05) is 29.8 Å². The number of halogens is 1. The largest absolute Gasteiger partial charge is 0.423 e. The topological polar surface area (TPSA) is 86.7 Å². The number of para-hydroxylation sites is 1. The maximum atomic E-state index is 12.6. The molecule has 0 N–H and O–H groups in total. The predicted octanol–water partition coefficient (Wildman–Crippen LogP) is 5.44. The zero-order valence-corrected chi connectivity index (χ0v) is 17.1. The molecule has 0 spiro atoms. The summed E-state index contributed by atoms with van der Waals surface area (Å²) in [6.07, 6.45) is 0. The summed E-state index contributed by atoms with van der Waals surface area (Å²) in [5, 5.41) is 1.72. The van der Waals surface area contributed by atoms with Gasteiger partial charge in [0.05, 0.1) is 11.1 Å². The van der Waals surface area contributed by atoms with E-state index >= 15 is 0 Å². The van der Waals surface area contributed by atoms with E-state index in [9.17, 15) is 14.4 Å². The van der Waals surface area contributed by atoms with Crippen molar-refractivity contribution in [1.29, 1.82) is 0 Å². The quantitative estimate of drug-likeness (QED) is 0.209. The molecule has 2 aromatic heterocycles. The van der Waals surface area contributed by atoms with Gasteiger partial charge in [0.1, 0.15) is 16.9 Å². The number of carbonyl (C=O) groups is 1. The summed E-state index contributed by atoms with van der Waals surface area (Å²) >= 11 is 5.84. The van der Waals surface area contributed by atoms with E-state index in [1.165, 1.54) is 12.1 Å². The molecule has 6 nitrogen and oxygen atoms in total. The average Bonchev–Trinajstić information content (AvgIpc) is 2.78. The van der Waals surface area contributed by atoms with Gasteiger partial charge in [0.2, 0.25) is 0 Å². The second-order valence-electron chi connectivity index (χ2n) is 7.02. The maximum absolute atomic E-state index is 12.6. The minimum absolute atomic E-state index is 0.168. The molecule has 5 aromatic rings. The van der Waals surface area contributed by atoms with Gasteiger partial charge in [0.25, 0.3) is 0 Å². The SMILES string of the molecule is O=C(Oc1ccc2c(-c3cc4ccccc4oc3=O)cc(=O)oc2c1)c1ccc(Cl)cc1. The van der Waals surface area contributed by atoms with Gasteiger partial charge in [-0.05, 0) is 48.5 Å². The van der Waals surface area contributed by atoms with Crippen LogP contribution < -0.4 is 16.0 Å². The normalized spacial score (nSPS) is 11.0. The highest BCUT2D eigenvalue weighted by atomic mass is 35.5. The lowest BCUT2D eigenvalue weighted by Crippen LogP contribution is -2.09. The zero-order valence-electron chi connectivity index (χ0n) is 16.3. The van der Waals surface area contributed by atoms with Crippen molar-refractivity contribution < 1.29 is 18.4 Å². The molecule has 0 amide bonds. The van der Waals surface area contributed by atoms with Crippen LogP contribution in [-0.4, -0.2) is 5.97 Å². The lowest BCUT2D eigenvalue weighted by Gasteiger charge is -2.08. The third-order valence-corrected chi connectivity index (χ3v) is 5.19. The van der Waals surface area contributed by atoms with Crippen molar-refractivity contribution in [2.24, 2.45) is 0 Å². The van der Waals surface area contributed by atoms with E-state index < -0.39 is 17.2 Å². The maximum Gasteiger partial charge on any atom is 0.344 e. The monoisotopic (exact) mass is 444 g/mol. The highest BCUT2D eigenvalue weighted by Crippen LogP contribution is 2.30. The van der Waals surface area contributed by atoms with E-state index in [1.807, 2.05) is 12.1 Å². The predicted molar refractivity (Wildman–Crippen MR) is 120 cm³/mol. The Morgan fingerprint density at radius 3 is 2.38 bits per heavy atom. The number of ether oxygens (including phenoxy) is 1. The van der Waals surface area contributed by atoms with Crippen LogP contribution in [0.15, 0.2) is 97.3 Å². The first kappa shape index (κ1) is 19.8. The number of hydrogen-bond donors (Lipinski definition) is 0. The Balaban J connectivity index is 1.58. The molecular weight excluding hydrogens is 432 g/mol. The summed E-state index contributed by atoms with van der Waals surface area (Å²) in [5.74, 6) is -0.405. The highest BCUT2D eigenvalue weighted by molar-refractivity contribution is 6.30. The second kappa shape index (κ2) is 7.83. The summed E-state index contributed by atoms with van der Waals surface area (Å²) in [5.41, 5.74) is 0.304. The molecule has 32 heavy (non-hydrogen) atoms. The minimum atomic E-state index is -0.652. The summed E-state index contributed by atoms with van der Waals surface area (Å²) in [6, 6.07) is 20.9. The van der Waals surface area contributed by atoms with E-state index in [0.717, 1.165) is 5.39 Å². The third kappa shape index (κ3) is 3.68. The Morgan fingerprint density at radius 2 is 1.56 bits per heavy atom. The van der Waals surface area contributed by atoms with Crippen molar-refractivity contribution in [3.63, 3.8) is 0 Å². The van der Waals surface area contributed by atoms with E-state index in [0.29, 0.717) is 27.1 Å². The van der Waals surface area contributed by atoms with E-state index in [-0.39, 0.29) is 16.9 Å². The van der Waals surface area contributed by atoms with Gasteiger partial charge < -0.3 is 13.6 Å². The summed E-state index contributed by atoms with van der Waals surface area (Å²) in [7, 11) is 0. The Morgan fingerprint density at radius 1 is 0.781 bits per heavy atom. The first-order chi connectivity index (χ1) is 15.5. The minimum Gasteiger partial charge on any atom is -0.423 e. The number of benzene rings is 3. The molecule has 5 rings (SSSR count). The van der Waals surface area contributed by atoms with Crippen molar-refractivity contribution in [2.45, 2.75) is 0 Å². The van der Waals surface area contributed by atoms with Crippen LogP contribution in [-0.2, 0) is 0 Å². The van der Waals surface area contributed by atoms with Crippen LogP contribution in [0.1, 0.15) is 10.4 Å². The molecule has 156 valence electrons. The Labute approximate surface area is 185 Å². The van der Waals surface area contributed by atoms with Gasteiger partial charge in [-0.25, -0.2) is 14.4 Å². The number of carbonyl (C=O) groups excluding carboxylic acids is 1. The molecular formula is C25H13ClO6. The Bertz CT molecular complexity index is 1610. The molecule has 7 heteroatoms. The van der Waals surface area contributed by atoms with Crippen molar-refractivity contribution in [1.82, 2.24) is 0 Å². The number of fused-ring (bicyclic) bond motifs is 2. The third-order valence-electron chi connectivity index (χ3n) is 4.94. The van der Waals surface area contributed by atoms with E-state index in [2.05, 4.69) is 0 Å². The molecule has 0 unspecified atom stereocenters. The van der Waals surface area contributed by atoms with Gasteiger partial charge in [-0.15, -0.1) is 0 Å². The van der Waals surface area contributed by atoms with Crippen molar-refractivity contribution in [3.8, 4) is 16.9 Å². The number of hydrogen-bond acceptors (Lipinski definition) is 6. The number of esters is 1. The fourth-order valence-corrected chi connectivity index (χ4v) is 3.56. The fourth-order valence-electron chi connectivity index (χ4n) is 3.43. The molecule has 0 radical (unpaired) electrons. The molecule has 3 aromatic carbocycles. The van der Waals surface area contributed by atoms with Crippen molar-refractivity contribution >= 4 is 39.5 Å². The fraction of sp³-hybridized carbons (Fsp3) is 0. The molecule has 0 fully saturated rings. The molecule has 0 bridgehead atoms. The van der Waals surface area contributed by atoms with Gasteiger partial charge >= 0.3 is 17.2 Å². The van der Waals surface area contributed by atoms with Crippen LogP contribution >= 0.6 is 11.6 Å². The van der Waals surface area contributed by atoms with Crippen molar-refractivity contribution in [3.05, 3.63) is 110 Å². The van der Waals surface area contributed by atoms with Crippen LogP contribution in [0, 0.1) is 0 Å². The number of rotatable bonds is 3. The first-order valence-electron chi connectivity index (χ1n) is 9.57. The van der Waals surface area contributed by atoms with Crippen LogP contribution in [0.5, 0.6) is 5.75 Å². The first-order valence-corrected chi connectivity index (χ1v) is 9.95. The molecule has 0 atom stereocenters. The molecule has 0 saturated heterocycles.